The third-order valence-electron chi connectivity index (χ3n) is 3.96. The third-order valence-corrected chi connectivity index (χ3v) is 3.96. The van der Waals surface area contributed by atoms with Crippen LogP contribution in [0.3, 0.4) is 0 Å². The molecule has 0 saturated carbocycles. The number of aromatic nitrogens is 2. The minimum atomic E-state index is -0.487. The normalized spacial score (nSPS) is 10.3. The molecule has 2 aromatic heterocycles. The minimum Gasteiger partial charge on any atom is -0.287 e. The quantitative estimate of drug-likeness (QED) is 0.294. The van der Waals surface area contributed by atoms with E-state index in [4.69, 9.17) is 4.84 Å². The van der Waals surface area contributed by atoms with E-state index in [0.717, 1.165) is 11.1 Å². The maximum Gasteiger partial charge on any atom is 0.269 e. The highest BCUT2D eigenvalue weighted by atomic mass is 16.6. The Morgan fingerprint density at radius 3 is 2.00 bits per heavy atom. The minimum absolute atomic E-state index is 0.0313. The molecule has 0 fully saturated rings. The summed E-state index contributed by atoms with van der Waals surface area (Å²) in [6.45, 7) is 0.163. The fourth-order valence-corrected chi connectivity index (χ4v) is 2.51. The van der Waals surface area contributed by atoms with Gasteiger partial charge < -0.3 is 0 Å². The molecule has 0 amide bonds. The Morgan fingerprint density at radius 2 is 1.50 bits per heavy atom. The van der Waals surface area contributed by atoms with Crippen LogP contribution in [-0.4, -0.2) is 17.8 Å². The van der Waals surface area contributed by atoms with Gasteiger partial charge in [-0.05, 0) is 23.3 Å². The molecule has 0 saturated heterocycles. The summed E-state index contributed by atoms with van der Waals surface area (Å²) in [5, 5.41) is 10.7. The molecule has 0 N–H and O–H groups in total. The van der Waals surface area contributed by atoms with E-state index in [1.807, 2.05) is 49.1 Å². The van der Waals surface area contributed by atoms with Crippen molar-refractivity contribution in [3.8, 4) is 11.1 Å². The molecule has 0 aliphatic rings. The van der Waals surface area contributed by atoms with E-state index < -0.39 is 4.92 Å². The molecule has 0 atom stereocenters. The number of Topliss-reactive ketones (excluding diaryl/α,β-unsaturated/α-hetero) is 1. The van der Waals surface area contributed by atoms with Gasteiger partial charge in [-0.3, -0.25) is 19.7 Å². The number of carbonyl (C=O) groups is 1. The maximum absolute atomic E-state index is 12.3. The summed E-state index contributed by atoms with van der Waals surface area (Å²) >= 11 is 0. The van der Waals surface area contributed by atoms with Gasteiger partial charge in [-0.15, -0.1) is 0 Å². The van der Waals surface area contributed by atoms with E-state index >= 15 is 0 Å². The lowest BCUT2D eigenvalue weighted by Crippen LogP contribution is -2.39. The molecule has 0 bridgehead atoms. The summed E-state index contributed by atoms with van der Waals surface area (Å²) < 4.78 is 3.36. The zero-order valence-electron chi connectivity index (χ0n) is 14.1. The fraction of sp³-hybridized carbons (Fsp3) is 0.105. The van der Waals surface area contributed by atoms with Crippen molar-refractivity contribution in [3.05, 3.63) is 89.0 Å². The van der Waals surface area contributed by atoms with E-state index in [1.54, 1.807) is 16.4 Å². The average Bonchev–Trinajstić information content (AvgIpc) is 2.68. The Labute approximate surface area is 149 Å². The number of non-ortho nitro benzene ring substituents is 1. The lowest BCUT2D eigenvalue weighted by molar-refractivity contribution is -0.885. The monoisotopic (exact) mass is 351 g/mol. The van der Waals surface area contributed by atoms with Crippen molar-refractivity contribution in [2.24, 2.45) is 0 Å². The zero-order valence-corrected chi connectivity index (χ0v) is 14.1. The van der Waals surface area contributed by atoms with Crippen LogP contribution in [0, 0.1) is 10.1 Å². The van der Waals surface area contributed by atoms with Crippen molar-refractivity contribution in [2.45, 2.75) is 6.54 Å². The van der Waals surface area contributed by atoms with E-state index in [0.29, 0.717) is 5.56 Å². The van der Waals surface area contributed by atoms with E-state index in [2.05, 4.69) is 0 Å². The van der Waals surface area contributed by atoms with Crippen LogP contribution in [0.15, 0.2) is 73.3 Å². The first-order chi connectivity index (χ1) is 12.6. The second kappa shape index (κ2) is 7.52. The van der Waals surface area contributed by atoms with Crippen molar-refractivity contribution < 1.29 is 23.9 Å². The Hall–Kier alpha value is -3.61. The van der Waals surface area contributed by atoms with E-state index in [1.165, 1.54) is 24.3 Å². The molecule has 7 heteroatoms. The van der Waals surface area contributed by atoms with Crippen LogP contribution in [0.1, 0.15) is 10.4 Å². The summed E-state index contributed by atoms with van der Waals surface area (Å²) in [6, 6.07) is 13.3. The molecule has 0 aliphatic carbocycles. The SMILES string of the molecule is CO[n+]1ccc(-c2cc[n+](CC(=O)c3ccc([N+](=O)[O-])cc3)cc2)cc1. The standard InChI is InChI=1S/C19H17N3O4/c1-26-21-12-8-16(9-13-21)15-6-10-20(11-7-15)14-19(23)17-2-4-18(5-3-17)22(24)25/h2-13H,14H2,1H3/q+2. The van der Waals surface area contributed by atoms with Gasteiger partial charge in [0.25, 0.3) is 5.69 Å². The number of hydrogen-bond donors (Lipinski definition) is 0. The first-order valence-electron chi connectivity index (χ1n) is 7.90. The van der Waals surface area contributed by atoms with Gasteiger partial charge in [-0.25, -0.2) is 0 Å². The predicted molar refractivity (Wildman–Crippen MR) is 92.2 cm³/mol. The van der Waals surface area contributed by atoms with Crippen molar-refractivity contribution in [2.75, 3.05) is 7.11 Å². The van der Waals surface area contributed by atoms with Crippen molar-refractivity contribution in [1.82, 2.24) is 0 Å². The molecule has 0 unspecified atom stereocenters. The molecule has 130 valence electrons. The summed E-state index contributed by atoms with van der Waals surface area (Å²) in [5.41, 5.74) is 2.47. The van der Waals surface area contributed by atoms with Gasteiger partial charge in [0.15, 0.2) is 12.4 Å². The van der Waals surface area contributed by atoms with Gasteiger partial charge in [0, 0.05) is 46.7 Å². The number of pyridine rings is 2. The molecule has 0 aliphatic heterocycles. The van der Waals surface area contributed by atoms with Crippen molar-refractivity contribution in [3.63, 3.8) is 0 Å². The Balaban J connectivity index is 1.70. The lowest BCUT2D eigenvalue weighted by atomic mass is 10.1. The third kappa shape index (κ3) is 3.89. The van der Waals surface area contributed by atoms with Gasteiger partial charge in [0.05, 0.1) is 4.92 Å². The van der Waals surface area contributed by atoms with Crippen molar-refractivity contribution in [1.29, 1.82) is 0 Å². The molecule has 26 heavy (non-hydrogen) atoms. The van der Waals surface area contributed by atoms with Gasteiger partial charge in [-0.1, -0.05) is 0 Å². The van der Waals surface area contributed by atoms with Crippen LogP contribution < -0.4 is 14.1 Å². The number of carbonyl (C=O) groups excluding carboxylic acids is 1. The number of nitro groups is 1. The van der Waals surface area contributed by atoms with Crippen LogP contribution in [-0.2, 0) is 6.54 Å². The molecule has 7 nitrogen and oxygen atoms in total. The molecule has 0 radical (unpaired) electrons. The van der Waals surface area contributed by atoms with Gasteiger partial charge in [-0.2, -0.15) is 4.57 Å². The molecule has 2 heterocycles. The lowest BCUT2D eigenvalue weighted by Gasteiger charge is -2.01. The highest BCUT2D eigenvalue weighted by molar-refractivity contribution is 5.95. The first-order valence-corrected chi connectivity index (χ1v) is 7.90. The predicted octanol–water partition coefficient (Wildman–Crippen LogP) is 1.78. The molecule has 1 aromatic carbocycles. The topological polar surface area (TPSA) is 77.2 Å². The summed E-state index contributed by atoms with van der Waals surface area (Å²) in [5.74, 6) is -0.113. The van der Waals surface area contributed by atoms with Gasteiger partial charge in [0.1, 0.15) is 7.11 Å². The average molecular weight is 351 g/mol. The number of benzene rings is 1. The Kier molecular flexibility index (Phi) is 4.98. The highest BCUT2D eigenvalue weighted by Gasteiger charge is 2.14. The maximum atomic E-state index is 12.3. The Bertz CT molecular complexity index is 921. The molecular formula is C19H17N3O4+2. The second-order valence-corrected chi connectivity index (χ2v) is 5.62. The molecule has 3 rings (SSSR count). The number of hydrogen-bond acceptors (Lipinski definition) is 4. The van der Waals surface area contributed by atoms with Crippen LogP contribution in [0.25, 0.3) is 11.1 Å². The van der Waals surface area contributed by atoms with Crippen LogP contribution in [0.5, 0.6) is 0 Å². The smallest absolute Gasteiger partial charge is 0.269 e. The van der Waals surface area contributed by atoms with E-state index in [9.17, 15) is 14.9 Å². The fourth-order valence-electron chi connectivity index (χ4n) is 2.51. The highest BCUT2D eigenvalue weighted by Crippen LogP contribution is 2.16. The van der Waals surface area contributed by atoms with Crippen molar-refractivity contribution >= 4 is 11.5 Å². The summed E-state index contributed by atoms with van der Waals surface area (Å²) in [7, 11) is 1.59. The summed E-state index contributed by atoms with van der Waals surface area (Å²) in [6.07, 6.45) is 7.29. The van der Waals surface area contributed by atoms with E-state index in [-0.39, 0.29) is 18.0 Å². The number of ketones is 1. The number of rotatable bonds is 6. The number of nitrogens with zero attached hydrogens (tertiary/aromatic N) is 3. The molecular weight excluding hydrogens is 334 g/mol. The van der Waals surface area contributed by atoms with Crippen LogP contribution in [0.2, 0.25) is 0 Å². The van der Waals surface area contributed by atoms with Crippen LogP contribution >= 0.6 is 0 Å². The second-order valence-electron chi connectivity index (χ2n) is 5.62. The largest absolute Gasteiger partial charge is 0.287 e. The van der Waals surface area contributed by atoms with Crippen LogP contribution in [0.4, 0.5) is 5.69 Å². The number of nitro benzene ring substituents is 1. The summed E-state index contributed by atoms with van der Waals surface area (Å²) in [4.78, 5) is 27.6. The Morgan fingerprint density at radius 1 is 0.962 bits per heavy atom. The van der Waals surface area contributed by atoms with Gasteiger partial charge in [0.2, 0.25) is 24.7 Å². The first kappa shape index (κ1) is 17.2. The van der Waals surface area contributed by atoms with Gasteiger partial charge >= 0.3 is 0 Å². The molecule has 3 aromatic rings. The zero-order chi connectivity index (χ0) is 18.5. The molecule has 0 spiro atoms.